The Morgan fingerprint density at radius 2 is 1.88 bits per heavy atom. The molecule has 0 radical (unpaired) electrons. The Morgan fingerprint density at radius 1 is 1.18 bits per heavy atom. The molecule has 3 aromatic rings. The zero-order valence-electron chi connectivity index (χ0n) is 19.4. The minimum atomic E-state index is -1.37. The molecule has 1 aliphatic rings. The molecule has 0 bridgehead atoms. The van der Waals surface area contributed by atoms with Crippen LogP contribution >= 0.6 is 34.4 Å². The Morgan fingerprint density at radius 3 is 2.55 bits per heavy atom. The smallest absolute Gasteiger partial charge is 0.188 e. The first-order valence-electron chi connectivity index (χ1n) is 11.0. The molecule has 1 saturated heterocycles. The molecule has 1 aliphatic heterocycles. The first-order valence-corrected chi connectivity index (χ1v) is 14.6. The lowest BCUT2D eigenvalue weighted by atomic mass is 10.1. The summed E-state index contributed by atoms with van der Waals surface area (Å²) in [6.07, 6.45) is 1.25. The highest BCUT2D eigenvalue weighted by molar-refractivity contribution is 7.85. The van der Waals surface area contributed by atoms with E-state index >= 15 is 0 Å². The fraction of sp³-hybridized carbons (Fsp3) is 0.524. The highest BCUT2D eigenvalue weighted by atomic mass is 32.2. The highest BCUT2D eigenvalue weighted by Crippen LogP contribution is 2.40. The van der Waals surface area contributed by atoms with E-state index in [4.69, 9.17) is 0 Å². The Bertz CT molecular complexity index is 1030. The molecule has 12 heteroatoms. The molecule has 182 valence electrons. The molecule has 1 fully saturated rings. The summed E-state index contributed by atoms with van der Waals surface area (Å²) >= 11 is 4.10. The van der Waals surface area contributed by atoms with E-state index in [-0.39, 0.29) is 5.75 Å². The minimum absolute atomic E-state index is 0.00986. The summed E-state index contributed by atoms with van der Waals surface area (Å²) in [5.41, 5.74) is 1.83. The van der Waals surface area contributed by atoms with Gasteiger partial charge in [0.1, 0.15) is 11.0 Å². The molecule has 0 aliphatic carbocycles. The van der Waals surface area contributed by atoms with Gasteiger partial charge in [-0.25, -0.2) is 8.51 Å². The molecule has 0 saturated carbocycles. The van der Waals surface area contributed by atoms with Gasteiger partial charge in [0.2, 0.25) is 0 Å². The number of nitrogens with one attached hydrogen (secondary N) is 3. The van der Waals surface area contributed by atoms with Gasteiger partial charge in [-0.1, -0.05) is 34.1 Å². The van der Waals surface area contributed by atoms with Crippen molar-refractivity contribution >= 4 is 62.7 Å². The van der Waals surface area contributed by atoms with Crippen LogP contribution in [0, 0.1) is 0 Å². The fourth-order valence-electron chi connectivity index (χ4n) is 2.95. The highest BCUT2D eigenvalue weighted by Gasteiger charge is 2.24. The van der Waals surface area contributed by atoms with Crippen molar-refractivity contribution in [3.05, 3.63) is 27.3 Å². The van der Waals surface area contributed by atoms with Crippen molar-refractivity contribution in [1.82, 2.24) is 18.4 Å². The zero-order valence-corrected chi connectivity index (χ0v) is 22.6. The van der Waals surface area contributed by atoms with E-state index in [1.807, 2.05) is 4.31 Å². The second-order valence-corrected chi connectivity index (χ2v) is 11.9. The molecule has 0 aromatic carbocycles. The van der Waals surface area contributed by atoms with E-state index < -0.39 is 11.0 Å². The predicted molar refractivity (Wildman–Crippen MR) is 142 cm³/mol. The standard InChI is InChI=1S/C18H24N6O2S4.C3H8/c1-11(2)12-7-13(27-9-12)8-20-16-17(23-29-22-16)21-14-10-28-18(15(14)25)30(26)24-5-3-19-4-6-24;1-3-2/h7,9-11,19,25H,3-6,8H2,1-2H3,(H,20,22)(H,21,23);3H2,1-2H3. The molecule has 4 rings (SSSR count). The Kier molecular flexibility index (Phi) is 10.1. The van der Waals surface area contributed by atoms with Crippen LogP contribution in [-0.4, -0.2) is 48.5 Å². The monoisotopic (exact) mass is 528 g/mol. The van der Waals surface area contributed by atoms with Crippen LogP contribution in [0.2, 0.25) is 0 Å². The quantitative estimate of drug-likeness (QED) is 0.319. The van der Waals surface area contributed by atoms with Gasteiger partial charge in [0.25, 0.3) is 0 Å². The average Bonchev–Trinajstić information content (AvgIpc) is 3.54. The first-order chi connectivity index (χ1) is 15.9. The summed E-state index contributed by atoms with van der Waals surface area (Å²) < 4.78 is 23.8. The number of anilines is 3. The van der Waals surface area contributed by atoms with Crippen LogP contribution in [0.5, 0.6) is 5.75 Å². The van der Waals surface area contributed by atoms with Gasteiger partial charge >= 0.3 is 0 Å². The van der Waals surface area contributed by atoms with Crippen molar-refractivity contribution in [2.24, 2.45) is 0 Å². The van der Waals surface area contributed by atoms with Gasteiger partial charge in [-0.05, 0) is 22.9 Å². The van der Waals surface area contributed by atoms with Gasteiger partial charge in [-0.3, -0.25) is 0 Å². The summed E-state index contributed by atoms with van der Waals surface area (Å²) in [6.45, 7) is 12.3. The largest absolute Gasteiger partial charge is 0.504 e. The summed E-state index contributed by atoms with van der Waals surface area (Å²) in [6, 6.07) is 2.21. The average molecular weight is 529 g/mol. The van der Waals surface area contributed by atoms with Crippen LogP contribution in [0.15, 0.2) is 21.0 Å². The number of aromatic nitrogens is 2. The molecule has 33 heavy (non-hydrogen) atoms. The maximum atomic E-state index is 12.8. The summed E-state index contributed by atoms with van der Waals surface area (Å²) in [7, 11) is -1.37. The lowest BCUT2D eigenvalue weighted by Crippen LogP contribution is -2.44. The third-order valence-electron chi connectivity index (χ3n) is 4.71. The Hall–Kier alpha value is -1.57. The maximum Gasteiger partial charge on any atom is 0.188 e. The molecule has 4 heterocycles. The molecule has 8 nitrogen and oxygen atoms in total. The SMILES string of the molecule is CC(C)c1csc(CNc2nsnc2Nc2csc(S(=O)N3CCNCC3)c2O)c1.CCC. The molecule has 1 unspecified atom stereocenters. The van der Waals surface area contributed by atoms with Gasteiger partial charge < -0.3 is 21.1 Å². The lowest BCUT2D eigenvalue weighted by Gasteiger charge is -2.25. The zero-order chi connectivity index (χ0) is 23.8. The van der Waals surface area contributed by atoms with E-state index in [1.54, 1.807) is 16.7 Å². The van der Waals surface area contributed by atoms with Crippen LogP contribution in [0.1, 0.15) is 50.5 Å². The van der Waals surface area contributed by atoms with Crippen molar-refractivity contribution in [3.8, 4) is 5.75 Å². The predicted octanol–water partition coefficient (Wildman–Crippen LogP) is 5.19. The number of piperazine rings is 1. The Labute approximate surface area is 210 Å². The van der Waals surface area contributed by atoms with E-state index in [0.717, 1.165) is 24.8 Å². The van der Waals surface area contributed by atoms with E-state index in [1.165, 1.54) is 28.2 Å². The van der Waals surface area contributed by atoms with E-state index in [0.29, 0.717) is 47.1 Å². The summed E-state index contributed by atoms with van der Waals surface area (Å²) in [5.74, 6) is 1.70. The second-order valence-electron chi connectivity index (χ2n) is 7.86. The van der Waals surface area contributed by atoms with Crippen LogP contribution < -0.4 is 16.0 Å². The second kappa shape index (κ2) is 12.8. The number of thiophene rings is 2. The summed E-state index contributed by atoms with van der Waals surface area (Å²) in [5, 5.41) is 24.3. The molecular formula is C21H32N6O2S4. The lowest BCUT2D eigenvalue weighted by molar-refractivity contribution is 0.379. The van der Waals surface area contributed by atoms with Crippen LogP contribution in [0.3, 0.4) is 0 Å². The van der Waals surface area contributed by atoms with Crippen molar-refractivity contribution in [2.75, 3.05) is 36.8 Å². The molecule has 0 amide bonds. The van der Waals surface area contributed by atoms with Gasteiger partial charge in [0, 0.05) is 36.4 Å². The van der Waals surface area contributed by atoms with Crippen molar-refractivity contribution < 1.29 is 9.32 Å². The third kappa shape index (κ3) is 6.96. The number of hydrogen-bond acceptors (Lipinski definition) is 10. The Balaban J connectivity index is 0.000000968. The number of aromatic hydroxyl groups is 1. The van der Waals surface area contributed by atoms with Crippen LogP contribution in [0.4, 0.5) is 17.3 Å². The molecule has 3 aromatic heterocycles. The number of rotatable bonds is 8. The van der Waals surface area contributed by atoms with Crippen molar-refractivity contribution in [2.45, 2.75) is 50.8 Å². The topological polar surface area (TPSA) is 102 Å². The third-order valence-corrected chi connectivity index (χ3v) is 9.02. The van der Waals surface area contributed by atoms with Crippen LogP contribution in [-0.2, 0) is 17.5 Å². The number of hydrogen-bond donors (Lipinski definition) is 4. The van der Waals surface area contributed by atoms with Crippen molar-refractivity contribution in [3.63, 3.8) is 0 Å². The fourth-order valence-corrected chi connectivity index (χ4v) is 6.86. The molecule has 0 spiro atoms. The van der Waals surface area contributed by atoms with Crippen LogP contribution in [0.25, 0.3) is 0 Å². The van der Waals surface area contributed by atoms with Gasteiger partial charge in [0.05, 0.1) is 24.0 Å². The van der Waals surface area contributed by atoms with E-state index in [2.05, 4.69) is 63.8 Å². The normalized spacial score (nSPS) is 15.2. The van der Waals surface area contributed by atoms with Gasteiger partial charge in [0.15, 0.2) is 21.6 Å². The molecule has 4 N–H and O–H groups in total. The van der Waals surface area contributed by atoms with Gasteiger partial charge in [-0.2, -0.15) is 8.75 Å². The van der Waals surface area contributed by atoms with E-state index in [9.17, 15) is 9.32 Å². The summed E-state index contributed by atoms with van der Waals surface area (Å²) in [4.78, 5) is 1.23. The number of nitrogens with zero attached hydrogens (tertiary/aromatic N) is 3. The maximum absolute atomic E-state index is 12.8. The van der Waals surface area contributed by atoms with Gasteiger partial charge in [-0.15, -0.1) is 22.7 Å². The first kappa shape index (κ1) is 26.0. The van der Waals surface area contributed by atoms with Crippen molar-refractivity contribution in [1.29, 1.82) is 0 Å². The molecule has 1 atom stereocenters. The minimum Gasteiger partial charge on any atom is -0.504 e. The molecular weight excluding hydrogens is 497 g/mol.